The molecule has 0 atom stereocenters. The summed E-state index contributed by atoms with van der Waals surface area (Å²) in [5.41, 5.74) is 5.18. The predicted octanol–water partition coefficient (Wildman–Crippen LogP) is 5.11. The van der Waals surface area contributed by atoms with Crippen LogP contribution in [0.1, 0.15) is 25.0 Å². The van der Waals surface area contributed by atoms with E-state index < -0.39 is 5.41 Å². The van der Waals surface area contributed by atoms with Gasteiger partial charge in [0.25, 0.3) is 0 Å². The van der Waals surface area contributed by atoms with Crippen molar-refractivity contribution in [3.8, 4) is 22.9 Å². The topological polar surface area (TPSA) is 67.5 Å². The Morgan fingerprint density at radius 2 is 1.76 bits per heavy atom. The van der Waals surface area contributed by atoms with Crippen LogP contribution in [-0.2, 0) is 16.6 Å². The fraction of sp³-hybridized carbons (Fsp3) is 0.259. The molecule has 0 bridgehead atoms. The lowest BCUT2D eigenvalue weighted by molar-refractivity contribution is -0.122. The zero-order valence-corrected chi connectivity index (χ0v) is 19.3. The van der Waals surface area contributed by atoms with Crippen LogP contribution in [0.5, 0.6) is 11.5 Å². The fourth-order valence-corrected chi connectivity index (χ4v) is 4.58. The van der Waals surface area contributed by atoms with Gasteiger partial charge in [0.1, 0.15) is 17.3 Å². The van der Waals surface area contributed by atoms with E-state index in [-0.39, 0.29) is 5.91 Å². The molecule has 4 aromatic rings. The van der Waals surface area contributed by atoms with Gasteiger partial charge in [-0.25, -0.2) is 4.98 Å². The molecule has 1 N–H and O–H groups in total. The summed E-state index contributed by atoms with van der Waals surface area (Å²) in [6, 6.07) is 19.9. The molecule has 2 heterocycles. The first kappa shape index (κ1) is 21.1. The van der Waals surface area contributed by atoms with Crippen molar-refractivity contribution in [3.63, 3.8) is 0 Å². The fourth-order valence-electron chi connectivity index (χ4n) is 4.58. The highest BCUT2D eigenvalue weighted by Gasteiger charge is 2.44. The van der Waals surface area contributed by atoms with Gasteiger partial charge >= 0.3 is 0 Å². The molecule has 0 spiro atoms. The lowest BCUT2D eigenvalue weighted by Gasteiger charge is -2.21. The minimum absolute atomic E-state index is 0.107. The molecule has 33 heavy (non-hydrogen) atoms. The third kappa shape index (κ3) is 3.52. The SMILES string of the molecule is COc1ccc(-c2nc3cc4c(cc3[nH]2)C(C)(C)C(=O)N4CCc2ccccc2OC)cc1. The Morgan fingerprint density at radius 1 is 1.00 bits per heavy atom. The smallest absolute Gasteiger partial charge is 0.237 e. The first-order valence-electron chi connectivity index (χ1n) is 11.0. The maximum absolute atomic E-state index is 13.4. The Bertz CT molecular complexity index is 1340. The Kier molecular flexibility index (Phi) is 5.08. The molecule has 0 radical (unpaired) electrons. The quantitative estimate of drug-likeness (QED) is 0.451. The van der Waals surface area contributed by atoms with Crippen molar-refractivity contribution in [2.45, 2.75) is 25.7 Å². The summed E-state index contributed by atoms with van der Waals surface area (Å²) in [5, 5.41) is 0. The minimum Gasteiger partial charge on any atom is -0.497 e. The molecule has 0 aliphatic carbocycles. The molecule has 0 fully saturated rings. The lowest BCUT2D eigenvalue weighted by Crippen LogP contribution is -2.37. The number of benzene rings is 3. The van der Waals surface area contributed by atoms with Gasteiger partial charge in [-0.05, 0) is 73.9 Å². The van der Waals surface area contributed by atoms with E-state index in [4.69, 9.17) is 14.5 Å². The summed E-state index contributed by atoms with van der Waals surface area (Å²) in [6.45, 7) is 4.56. The van der Waals surface area contributed by atoms with E-state index in [1.165, 1.54) is 0 Å². The number of nitrogens with one attached hydrogen (secondary N) is 1. The molecule has 1 aromatic heterocycles. The predicted molar refractivity (Wildman–Crippen MR) is 130 cm³/mol. The maximum Gasteiger partial charge on any atom is 0.237 e. The Labute approximate surface area is 193 Å². The number of aromatic amines is 1. The zero-order valence-electron chi connectivity index (χ0n) is 19.3. The number of aromatic nitrogens is 2. The Balaban J connectivity index is 1.50. The van der Waals surface area contributed by atoms with Crippen LogP contribution >= 0.6 is 0 Å². The number of para-hydroxylation sites is 1. The summed E-state index contributed by atoms with van der Waals surface area (Å²) >= 11 is 0. The summed E-state index contributed by atoms with van der Waals surface area (Å²) in [4.78, 5) is 23.5. The first-order valence-corrected chi connectivity index (χ1v) is 11.0. The Morgan fingerprint density at radius 3 is 2.48 bits per heavy atom. The van der Waals surface area contributed by atoms with E-state index in [1.54, 1.807) is 14.2 Å². The van der Waals surface area contributed by atoms with Crippen LogP contribution in [0.3, 0.4) is 0 Å². The number of H-pyrrole nitrogens is 1. The van der Waals surface area contributed by atoms with Crippen LogP contribution in [0, 0.1) is 0 Å². The summed E-state index contributed by atoms with van der Waals surface area (Å²) in [7, 11) is 3.33. The van der Waals surface area contributed by atoms with Crippen molar-refractivity contribution in [2.75, 3.05) is 25.7 Å². The number of hydrogen-bond acceptors (Lipinski definition) is 4. The molecule has 1 amide bonds. The van der Waals surface area contributed by atoms with Gasteiger partial charge in [-0.3, -0.25) is 4.79 Å². The molecular weight excluding hydrogens is 414 g/mol. The number of rotatable bonds is 6. The molecule has 168 valence electrons. The summed E-state index contributed by atoms with van der Waals surface area (Å²) < 4.78 is 10.7. The van der Waals surface area contributed by atoms with E-state index in [0.717, 1.165) is 50.7 Å². The van der Waals surface area contributed by atoms with Crippen molar-refractivity contribution in [1.82, 2.24) is 9.97 Å². The van der Waals surface area contributed by atoms with Crippen LogP contribution in [0.4, 0.5) is 5.69 Å². The second kappa shape index (κ2) is 7.96. The van der Waals surface area contributed by atoms with Gasteiger partial charge in [0.05, 0.1) is 36.4 Å². The van der Waals surface area contributed by atoms with Crippen LogP contribution in [-0.4, -0.2) is 36.6 Å². The van der Waals surface area contributed by atoms with Gasteiger partial charge in [0.2, 0.25) is 5.91 Å². The molecule has 5 rings (SSSR count). The molecule has 3 aromatic carbocycles. The average Bonchev–Trinajstić information content (AvgIpc) is 3.33. The van der Waals surface area contributed by atoms with Gasteiger partial charge < -0.3 is 19.4 Å². The number of hydrogen-bond donors (Lipinski definition) is 1. The van der Waals surface area contributed by atoms with Crippen LogP contribution in [0.15, 0.2) is 60.7 Å². The second-order valence-electron chi connectivity index (χ2n) is 8.84. The number of ether oxygens (including phenoxy) is 2. The standard InChI is InChI=1S/C27H27N3O3/c1-27(2)20-15-21-22(29-25(28-21)18-9-11-19(32-3)12-10-18)16-23(20)30(26(27)31)14-13-17-7-5-6-8-24(17)33-4/h5-12,15-16H,13-14H2,1-4H3,(H,28,29). The number of nitrogens with zero attached hydrogens (tertiary/aromatic N) is 2. The largest absolute Gasteiger partial charge is 0.497 e. The van der Waals surface area contributed by atoms with Gasteiger partial charge in [-0.1, -0.05) is 18.2 Å². The highest BCUT2D eigenvalue weighted by atomic mass is 16.5. The number of amides is 1. The van der Waals surface area contributed by atoms with E-state index >= 15 is 0 Å². The number of imidazole rings is 1. The summed E-state index contributed by atoms with van der Waals surface area (Å²) in [5.74, 6) is 2.55. The normalized spacial score (nSPS) is 14.5. The van der Waals surface area contributed by atoms with E-state index in [1.807, 2.05) is 73.3 Å². The van der Waals surface area contributed by atoms with Crippen LogP contribution in [0.2, 0.25) is 0 Å². The van der Waals surface area contributed by atoms with Crippen molar-refractivity contribution in [3.05, 3.63) is 71.8 Å². The molecule has 1 aliphatic heterocycles. The first-order chi connectivity index (χ1) is 15.9. The molecule has 0 unspecified atom stereocenters. The molecule has 0 saturated heterocycles. The molecule has 1 aliphatic rings. The van der Waals surface area contributed by atoms with Crippen LogP contribution in [0.25, 0.3) is 22.4 Å². The number of carbonyl (C=O) groups is 1. The number of anilines is 1. The van der Waals surface area contributed by atoms with E-state index in [9.17, 15) is 4.79 Å². The molecular formula is C27H27N3O3. The number of fused-ring (bicyclic) bond motifs is 2. The lowest BCUT2D eigenvalue weighted by atomic mass is 9.86. The number of methoxy groups -OCH3 is 2. The van der Waals surface area contributed by atoms with Crippen molar-refractivity contribution < 1.29 is 14.3 Å². The maximum atomic E-state index is 13.4. The highest BCUT2D eigenvalue weighted by molar-refractivity contribution is 6.09. The molecule has 6 heteroatoms. The molecule has 0 saturated carbocycles. The van der Waals surface area contributed by atoms with Crippen molar-refractivity contribution >= 4 is 22.6 Å². The Hall–Kier alpha value is -3.80. The number of carbonyl (C=O) groups excluding carboxylic acids is 1. The monoisotopic (exact) mass is 441 g/mol. The van der Waals surface area contributed by atoms with E-state index in [2.05, 4.69) is 11.1 Å². The van der Waals surface area contributed by atoms with Crippen molar-refractivity contribution in [2.24, 2.45) is 0 Å². The van der Waals surface area contributed by atoms with Gasteiger partial charge in [0.15, 0.2) is 0 Å². The third-order valence-electron chi connectivity index (χ3n) is 6.50. The zero-order chi connectivity index (χ0) is 23.2. The van der Waals surface area contributed by atoms with Gasteiger partial charge in [0, 0.05) is 12.1 Å². The average molecular weight is 442 g/mol. The summed E-state index contributed by atoms with van der Waals surface area (Å²) in [6.07, 6.45) is 0.709. The highest BCUT2D eigenvalue weighted by Crippen LogP contribution is 2.43. The van der Waals surface area contributed by atoms with Crippen molar-refractivity contribution in [1.29, 1.82) is 0 Å². The minimum atomic E-state index is -0.602. The van der Waals surface area contributed by atoms with Crippen LogP contribution < -0.4 is 14.4 Å². The second-order valence-corrected chi connectivity index (χ2v) is 8.84. The van der Waals surface area contributed by atoms with E-state index in [0.29, 0.717) is 13.0 Å². The third-order valence-corrected chi connectivity index (χ3v) is 6.50. The van der Waals surface area contributed by atoms with Gasteiger partial charge in [-0.2, -0.15) is 0 Å². The van der Waals surface area contributed by atoms with Gasteiger partial charge in [-0.15, -0.1) is 0 Å². The molecule has 6 nitrogen and oxygen atoms in total.